The summed E-state index contributed by atoms with van der Waals surface area (Å²) in [6.45, 7) is 0.429. The van der Waals surface area contributed by atoms with Crippen LogP contribution in [0, 0.1) is 0 Å². The number of benzene rings is 2. The summed E-state index contributed by atoms with van der Waals surface area (Å²) >= 11 is 0. The molecule has 98 valence electrons. The standard InChI is InChI=1S/C15H12N4O/c16-18-17-14-12-8-4-5-9-13(12)15(20)19(14)10-11-6-2-1-3-7-11/h1-9,14H,10H2/t14-/m1/s1. The molecule has 5 nitrogen and oxygen atoms in total. The molecule has 20 heavy (non-hydrogen) atoms. The first-order valence-electron chi connectivity index (χ1n) is 6.29. The molecule has 0 spiro atoms. The number of nitrogens with zero attached hydrogens (tertiary/aromatic N) is 4. The van der Waals surface area contributed by atoms with Crippen molar-refractivity contribution in [1.29, 1.82) is 0 Å². The van der Waals surface area contributed by atoms with Crippen LogP contribution < -0.4 is 0 Å². The van der Waals surface area contributed by atoms with Crippen molar-refractivity contribution < 1.29 is 4.79 Å². The lowest BCUT2D eigenvalue weighted by molar-refractivity contribution is 0.0714. The number of rotatable bonds is 3. The van der Waals surface area contributed by atoms with Crippen molar-refractivity contribution in [1.82, 2.24) is 4.90 Å². The normalized spacial score (nSPS) is 16.7. The van der Waals surface area contributed by atoms with E-state index in [1.165, 1.54) is 0 Å². The van der Waals surface area contributed by atoms with Gasteiger partial charge in [0.2, 0.25) is 0 Å². The van der Waals surface area contributed by atoms with Gasteiger partial charge in [0.05, 0.1) is 0 Å². The Labute approximate surface area is 116 Å². The Kier molecular flexibility index (Phi) is 3.11. The predicted molar refractivity (Wildman–Crippen MR) is 74.6 cm³/mol. The second-order valence-corrected chi connectivity index (χ2v) is 4.58. The molecule has 0 saturated heterocycles. The summed E-state index contributed by atoms with van der Waals surface area (Å²) in [5.74, 6) is -0.0955. The molecule has 3 rings (SSSR count). The van der Waals surface area contributed by atoms with Crippen molar-refractivity contribution in [2.45, 2.75) is 12.7 Å². The monoisotopic (exact) mass is 264 g/mol. The Bertz CT molecular complexity index is 692. The van der Waals surface area contributed by atoms with Crippen LogP contribution in [-0.2, 0) is 6.54 Å². The van der Waals surface area contributed by atoms with Gasteiger partial charge in [-0.3, -0.25) is 4.79 Å². The number of carbonyl (C=O) groups is 1. The summed E-state index contributed by atoms with van der Waals surface area (Å²) in [6, 6.07) is 16.9. The van der Waals surface area contributed by atoms with Crippen LogP contribution in [-0.4, -0.2) is 10.8 Å². The highest BCUT2D eigenvalue weighted by atomic mass is 16.2. The van der Waals surface area contributed by atoms with Gasteiger partial charge >= 0.3 is 0 Å². The van der Waals surface area contributed by atoms with Gasteiger partial charge in [-0.2, -0.15) is 0 Å². The van der Waals surface area contributed by atoms with Gasteiger partial charge in [-0.15, -0.1) is 0 Å². The second-order valence-electron chi connectivity index (χ2n) is 4.58. The zero-order valence-corrected chi connectivity index (χ0v) is 10.7. The molecule has 0 unspecified atom stereocenters. The fraction of sp³-hybridized carbons (Fsp3) is 0.133. The highest BCUT2D eigenvalue weighted by Crippen LogP contribution is 2.35. The molecule has 2 aromatic rings. The first-order chi connectivity index (χ1) is 9.81. The van der Waals surface area contributed by atoms with Crippen molar-refractivity contribution in [3.05, 3.63) is 81.7 Å². The summed E-state index contributed by atoms with van der Waals surface area (Å²) in [5.41, 5.74) is 11.1. The van der Waals surface area contributed by atoms with Crippen molar-refractivity contribution in [2.24, 2.45) is 5.11 Å². The fourth-order valence-electron chi connectivity index (χ4n) is 2.46. The number of azide groups is 1. The lowest BCUT2D eigenvalue weighted by Crippen LogP contribution is -2.26. The Hall–Kier alpha value is -2.78. The number of hydrogen-bond donors (Lipinski definition) is 0. The van der Waals surface area contributed by atoms with E-state index in [0.29, 0.717) is 12.1 Å². The van der Waals surface area contributed by atoms with Crippen LogP contribution in [0.1, 0.15) is 27.7 Å². The first kappa shape index (κ1) is 12.3. The zero-order chi connectivity index (χ0) is 13.9. The SMILES string of the molecule is [N-]=[N+]=N[C@H]1c2ccccc2C(=O)N1Cc1ccccc1. The van der Waals surface area contributed by atoms with Gasteiger partial charge in [-0.25, -0.2) is 0 Å². The van der Waals surface area contributed by atoms with Crippen molar-refractivity contribution in [2.75, 3.05) is 0 Å². The van der Waals surface area contributed by atoms with E-state index in [9.17, 15) is 4.79 Å². The molecule has 0 aromatic heterocycles. The molecule has 0 N–H and O–H groups in total. The molecule has 2 aromatic carbocycles. The molecule has 0 aliphatic carbocycles. The average Bonchev–Trinajstić information content (AvgIpc) is 2.75. The molecular weight excluding hydrogens is 252 g/mol. The maximum atomic E-state index is 12.4. The molecule has 0 radical (unpaired) electrons. The molecule has 1 atom stereocenters. The van der Waals surface area contributed by atoms with E-state index in [4.69, 9.17) is 5.53 Å². The highest BCUT2D eigenvalue weighted by molar-refractivity contribution is 5.99. The lowest BCUT2D eigenvalue weighted by atomic mass is 10.1. The van der Waals surface area contributed by atoms with E-state index in [1.54, 1.807) is 11.0 Å². The fourth-order valence-corrected chi connectivity index (χ4v) is 2.46. The molecule has 1 aliphatic rings. The summed E-state index contributed by atoms with van der Waals surface area (Å²) in [4.78, 5) is 16.9. The van der Waals surface area contributed by atoms with Gasteiger partial charge in [0, 0.05) is 17.0 Å². The Morgan fingerprint density at radius 3 is 2.55 bits per heavy atom. The maximum Gasteiger partial charge on any atom is 0.255 e. The van der Waals surface area contributed by atoms with E-state index >= 15 is 0 Å². The van der Waals surface area contributed by atoms with Crippen LogP contribution in [0.3, 0.4) is 0 Å². The largest absolute Gasteiger partial charge is 0.321 e. The van der Waals surface area contributed by atoms with E-state index in [-0.39, 0.29) is 5.91 Å². The van der Waals surface area contributed by atoms with Gasteiger partial charge in [0.25, 0.3) is 5.91 Å². The summed E-state index contributed by atoms with van der Waals surface area (Å²) in [7, 11) is 0. The number of fused-ring (bicyclic) bond motifs is 1. The molecule has 5 heteroatoms. The first-order valence-corrected chi connectivity index (χ1v) is 6.29. The molecule has 1 aliphatic heterocycles. The van der Waals surface area contributed by atoms with Crippen LogP contribution in [0.25, 0.3) is 10.4 Å². The molecule has 0 bridgehead atoms. The minimum absolute atomic E-state index is 0.0955. The van der Waals surface area contributed by atoms with Crippen LogP contribution in [0.15, 0.2) is 59.7 Å². The molecular formula is C15H12N4O. The molecule has 1 amide bonds. The third-order valence-electron chi connectivity index (χ3n) is 3.38. The van der Waals surface area contributed by atoms with Crippen LogP contribution >= 0.6 is 0 Å². The summed E-state index contributed by atoms with van der Waals surface area (Å²) in [6.07, 6.45) is -0.566. The second kappa shape index (κ2) is 5.07. The van der Waals surface area contributed by atoms with E-state index in [1.807, 2.05) is 48.5 Å². The van der Waals surface area contributed by atoms with Gasteiger partial charge in [0.15, 0.2) is 0 Å². The summed E-state index contributed by atoms with van der Waals surface area (Å²) < 4.78 is 0. The Balaban J connectivity index is 1.99. The van der Waals surface area contributed by atoms with Crippen molar-refractivity contribution in [3.8, 4) is 0 Å². The number of amides is 1. The number of hydrogen-bond acceptors (Lipinski definition) is 2. The van der Waals surface area contributed by atoms with Crippen molar-refractivity contribution >= 4 is 5.91 Å². The molecule has 1 heterocycles. The summed E-state index contributed by atoms with van der Waals surface area (Å²) in [5, 5.41) is 3.78. The zero-order valence-electron chi connectivity index (χ0n) is 10.7. The molecule has 0 saturated carbocycles. The number of carbonyl (C=O) groups excluding carboxylic acids is 1. The molecule has 0 fully saturated rings. The third kappa shape index (κ3) is 2.00. The van der Waals surface area contributed by atoms with Crippen LogP contribution in [0.4, 0.5) is 0 Å². The predicted octanol–water partition coefficient (Wildman–Crippen LogP) is 3.65. The quantitative estimate of drug-likeness (QED) is 0.474. The minimum Gasteiger partial charge on any atom is -0.321 e. The van der Waals surface area contributed by atoms with Crippen molar-refractivity contribution in [3.63, 3.8) is 0 Å². The topological polar surface area (TPSA) is 69.1 Å². The Morgan fingerprint density at radius 2 is 1.80 bits per heavy atom. The smallest absolute Gasteiger partial charge is 0.255 e. The highest BCUT2D eigenvalue weighted by Gasteiger charge is 2.35. The van der Waals surface area contributed by atoms with Gasteiger partial charge in [0.1, 0.15) is 6.17 Å². The van der Waals surface area contributed by atoms with Gasteiger partial charge in [-0.1, -0.05) is 53.6 Å². The van der Waals surface area contributed by atoms with Gasteiger partial charge in [-0.05, 0) is 22.7 Å². The van der Waals surface area contributed by atoms with Crippen LogP contribution in [0.5, 0.6) is 0 Å². The van der Waals surface area contributed by atoms with Gasteiger partial charge < -0.3 is 4.90 Å². The Morgan fingerprint density at radius 1 is 1.10 bits per heavy atom. The maximum absolute atomic E-state index is 12.4. The minimum atomic E-state index is -0.566. The average molecular weight is 264 g/mol. The van der Waals surface area contributed by atoms with Crippen LogP contribution in [0.2, 0.25) is 0 Å². The lowest BCUT2D eigenvalue weighted by Gasteiger charge is -2.21. The van der Waals surface area contributed by atoms with E-state index in [0.717, 1.165) is 11.1 Å². The van der Waals surface area contributed by atoms with E-state index < -0.39 is 6.17 Å². The third-order valence-corrected chi connectivity index (χ3v) is 3.38. The van der Waals surface area contributed by atoms with E-state index in [2.05, 4.69) is 10.0 Å².